The van der Waals surface area contributed by atoms with Gasteiger partial charge in [-0.15, -0.1) is 0 Å². The highest BCUT2D eigenvalue weighted by Gasteiger charge is 2.23. The maximum absolute atomic E-state index is 12.0. The van der Waals surface area contributed by atoms with Crippen molar-refractivity contribution >= 4 is 11.7 Å². The molecule has 0 radical (unpaired) electrons. The number of aliphatic hydroxyl groups is 1. The number of allylic oxidation sites excluding steroid dienone is 2. The summed E-state index contributed by atoms with van der Waals surface area (Å²) >= 11 is 0. The van der Waals surface area contributed by atoms with Crippen molar-refractivity contribution in [3.05, 3.63) is 23.1 Å². The first kappa shape index (κ1) is 16.2. The fraction of sp³-hybridized carbons (Fsp3) is 0.538. The lowest BCUT2D eigenvalue weighted by atomic mass is 10.0. The number of Topliss-reactive ketones (excluding diaryl/α,β-unsaturated/α-hetero) is 1. The third-order valence-corrected chi connectivity index (χ3v) is 2.46. The van der Waals surface area contributed by atoms with Crippen molar-refractivity contribution in [1.82, 2.24) is 10.6 Å². The van der Waals surface area contributed by atoms with Gasteiger partial charge in [-0.1, -0.05) is 19.4 Å². The Morgan fingerprint density at radius 2 is 1.89 bits per heavy atom. The maximum Gasteiger partial charge on any atom is 0.255 e. The van der Waals surface area contributed by atoms with E-state index in [1.807, 2.05) is 13.8 Å². The van der Waals surface area contributed by atoms with Gasteiger partial charge in [-0.2, -0.15) is 0 Å². The number of amides is 1. The predicted molar refractivity (Wildman–Crippen MR) is 71.1 cm³/mol. The van der Waals surface area contributed by atoms with E-state index in [0.29, 0.717) is 18.5 Å². The fourth-order valence-electron chi connectivity index (χ4n) is 1.32. The molecule has 0 heterocycles. The molecule has 5 nitrogen and oxygen atoms in total. The van der Waals surface area contributed by atoms with E-state index < -0.39 is 17.4 Å². The standard InChI is InChI=1S/C13H22N2O3/c1-5-7-15-13(18)11(9(3)6-2)12(17)10(16)8-14-4/h8,14,16H,5-7H2,1-4H3,(H,15,18)/b10-8+,11-9-. The zero-order valence-electron chi connectivity index (χ0n) is 11.5. The molecule has 0 atom stereocenters. The van der Waals surface area contributed by atoms with Crippen LogP contribution < -0.4 is 10.6 Å². The number of hydrogen-bond acceptors (Lipinski definition) is 4. The summed E-state index contributed by atoms with van der Waals surface area (Å²) < 4.78 is 0. The maximum atomic E-state index is 12.0. The molecule has 0 aliphatic heterocycles. The zero-order chi connectivity index (χ0) is 14.1. The smallest absolute Gasteiger partial charge is 0.255 e. The van der Waals surface area contributed by atoms with Gasteiger partial charge in [0.2, 0.25) is 5.78 Å². The lowest BCUT2D eigenvalue weighted by Gasteiger charge is -2.10. The largest absolute Gasteiger partial charge is 0.503 e. The van der Waals surface area contributed by atoms with Crippen LogP contribution in [0.1, 0.15) is 33.6 Å². The van der Waals surface area contributed by atoms with Gasteiger partial charge in [0, 0.05) is 19.8 Å². The first-order chi connectivity index (χ1) is 8.49. The van der Waals surface area contributed by atoms with Gasteiger partial charge < -0.3 is 15.7 Å². The lowest BCUT2D eigenvalue weighted by Crippen LogP contribution is -2.30. The van der Waals surface area contributed by atoms with E-state index >= 15 is 0 Å². The molecular formula is C13H22N2O3. The first-order valence-corrected chi connectivity index (χ1v) is 6.08. The van der Waals surface area contributed by atoms with E-state index in [0.717, 1.165) is 6.42 Å². The molecule has 1 amide bonds. The Bertz CT molecular complexity index is 370. The molecule has 0 saturated carbocycles. The lowest BCUT2D eigenvalue weighted by molar-refractivity contribution is -0.122. The van der Waals surface area contributed by atoms with Crippen LogP contribution in [0.3, 0.4) is 0 Å². The molecule has 0 aliphatic carbocycles. The summed E-state index contributed by atoms with van der Waals surface area (Å²) in [6.45, 7) is 6.00. The van der Waals surface area contributed by atoms with Crippen LogP contribution in [0.2, 0.25) is 0 Å². The fourth-order valence-corrected chi connectivity index (χ4v) is 1.32. The summed E-state index contributed by atoms with van der Waals surface area (Å²) in [6.07, 6.45) is 2.53. The molecule has 0 aromatic heterocycles. The van der Waals surface area contributed by atoms with E-state index in [1.54, 1.807) is 14.0 Å². The summed E-state index contributed by atoms with van der Waals surface area (Å²) in [4.78, 5) is 23.9. The molecular weight excluding hydrogens is 232 g/mol. The van der Waals surface area contributed by atoms with Crippen molar-refractivity contribution < 1.29 is 14.7 Å². The Morgan fingerprint density at radius 3 is 2.33 bits per heavy atom. The van der Waals surface area contributed by atoms with Gasteiger partial charge in [-0.3, -0.25) is 9.59 Å². The summed E-state index contributed by atoms with van der Waals surface area (Å²) in [6, 6.07) is 0. The highest BCUT2D eigenvalue weighted by atomic mass is 16.3. The second-order valence-corrected chi connectivity index (χ2v) is 3.91. The SMILES string of the molecule is CCCNC(=O)/C(C(=O)/C(O)=C\NC)=C(/C)CC. The second kappa shape index (κ2) is 8.33. The normalized spacial score (nSPS) is 12.8. The summed E-state index contributed by atoms with van der Waals surface area (Å²) in [5.74, 6) is -1.55. The highest BCUT2D eigenvalue weighted by molar-refractivity contribution is 6.25. The van der Waals surface area contributed by atoms with Crippen LogP contribution >= 0.6 is 0 Å². The van der Waals surface area contributed by atoms with Crippen LogP contribution in [-0.4, -0.2) is 30.4 Å². The molecule has 0 bridgehead atoms. The number of nitrogens with one attached hydrogen (secondary N) is 2. The Hall–Kier alpha value is -1.78. The number of carbonyl (C=O) groups is 2. The van der Waals surface area contributed by atoms with Gasteiger partial charge >= 0.3 is 0 Å². The van der Waals surface area contributed by atoms with Crippen LogP contribution in [-0.2, 0) is 9.59 Å². The average molecular weight is 254 g/mol. The van der Waals surface area contributed by atoms with Crippen LogP contribution in [0.5, 0.6) is 0 Å². The van der Waals surface area contributed by atoms with E-state index in [1.165, 1.54) is 6.20 Å². The molecule has 0 unspecified atom stereocenters. The van der Waals surface area contributed by atoms with Crippen molar-refractivity contribution in [3.63, 3.8) is 0 Å². The molecule has 0 fully saturated rings. The zero-order valence-corrected chi connectivity index (χ0v) is 11.5. The minimum absolute atomic E-state index is 0.0231. The monoisotopic (exact) mass is 254 g/mol. The Balaban J connectivity index is 5.21. The first-order valence-electron chi connectivity index (χ1n) is 6.08. The summed E-state index contributed by atoms with van der Waals surface area (Å²) in [5, 5.41) is 14.7. The van der Waals surface area contributed by atoms with Gasteiger partial charge in [0.05, 0.1) is 5.57 Å². The quantitative estimate of drug-likeness (QED) is 0.278. The third-order valence-electron chi connectivity index (χ3n) is 2.46. The molecule has 18 heavy (non-hydrogen) atoms. The molecule has 0 aliphatic rings. The van der Waals surface area contributed by atoms with E-state index in [4.69, 9.17) is 0 Å². The highest BCUT2D eigenvalue weighted by Crippen LogP contribution is 2.13. The van der Waals surface area contributed by atoms with Crippen molar-refractivity contribution in [2.75, 3.05) is 13.6 Å². The molecule has 5 heteroatoms. The molecule has 0 saturated heterocycles. The topological polar surface area (TPSA) is 78.4 Å². The molecule has 0 aromatic carbocycles. The average Bonchev–Trinajstić information content (AvgIpc) is 2.36. The van der Waals surface area contributed by atoms with E-state index in [-0.39, 0.29) is 5.57 Å². The van der Waals surface area contributed by atoms with Gasteiger partial charge in [0.15, 0.2) is 5.76 Å². The van der Waals surface area contributed by atoms with E-state index in [9.17, 15) is 14.7 Å². The van der Waals surface area contributed by atoms with Crippen molar-refractivity contribution in [2.45, 2.75) is 33.6 Å². The minimum Gasteiger partial charge on any atom is -0.503 e. The Morgan fingerprint density at radius 1 is 1.28 bits per heavy atom. The number of rotatable bonds is 7. The predicted octanol–water partition coefficient (Wildman–Crippen LogP) is 1.43. The third kappa shape index (κ3) is 4.61. The summed E-state index contributed by atoms with van der Waals surface area (Å²) in [5.41, 5.74) is 0.680. The van der Waals surface area contributed by atoms with Crippen LogP contribution in [0, 0.1) is 0 Å². The molecule has 3 N–H and O–H groups in total. The van der Waals surface area contributed by atoms with E-state index in [2.05, 4.69) is 10.6 Å². The second-order valence-electron chi connectivity index (χ2n) is 3.91. The van der Waals surface area contributed by atoms with Gasteiger partial charge in [-0.25, -0.2) is 0 Å². The van der Waals surface area contributed by atoms with Crippen molar-refractivity contribution in [3.8, 4) is 0 Å². The number of hydrogen-bond donors (Lipinski definition) is 3. The van der Waals surface area contributed by atoms with Crippen LogP contribution in [0.15, 0.2) is 23.1 Å². The number of aliphatic hydroxyl groups excluding tert-OH is 1. The molecule has 0 aromatic rings. The van der Waals surface area contributed by atoms with Crippen molar-refractivity contribution in [2.24, 2.45) is 0 Å². The Kier molecular flexibility index (Phi) is 7.51. The number of ketones is 1. The van der Waals surface area contributed by atoms with Gasteiger partial charge in [-0.05, 0) is 19.8 Å². The van der Waals surface area contributed by atoms with Crippen LogP contribution in [0.4, 0.5) is 0 Å². The Labute approximate surface area is 108 Å². The molecule has 0 spiro atoms. The van der Waals surface area contributed by atoms with Gasteiger partial charge in [0.25, 0.3) is 5.91 Å². The minimum atomic E-state index is -0.655. The summed E-state index contributed by atoms with van der Waals surface area (Å²) in [7, 11) is 1.57. The van der Waals surface area contributed by atoms with Gasteiger partial charge in [0.1, 0.15) is 0 Å². The van der Waals surface area contributed by atoms with Crippen molar-refractivity contribution in [1.29, 1.82) is 0 Å². The van der Waals surface area contributed by atoms with Crippen LogP contribution in [0.25, 0.3) is 0 Å². The molecule has 102 valence electrons. The molecule has 0 rings (SSSR count). The number of carbonyl (C=O) groups excluding carboxylic acids is 2.